The molecule has 3 unspecified atom stereocenters. The summed E-state index contributed by atoms with van der Waals surface area (Å²) in [5.41, 5.74) is 0.0278. The van der Waals surface area contributed by atoms with Crippen molar-refractivity contribution in [2.75, 3.05) is 0 Å². The first kappa shape index (κ1) is 27.1. The molecular formula is C25H32N4O4S. The molecule has 1 N–H and O–H groups in total. The molecule has 1 aliphatic rings. The second kappa shape index (κ2) is 11.3. The normalized spacial score (nSPS) is 20.1. The molecule has 1 heterocycles. The summed E-state index contributed by atoms with van der Waals surface area (Å²) >= 11 is 0. The van der Waals surface area contributed by atoms with Crippen LogP contribution in [0.5, 0.6) is 5.88 Å². The van der Waals surface area contributed by atoms with Gasteiger partial charge in [-0.15, -0.1) is 10.2 Å². The van der Waals surface area contributed by atoms with Crippen molar-refractivity contribution in [3.8, 4) is 11.9 Å². The van der Waals surface area contributed by atoms with Gasteiger partial charge >= 0.3 is 5.97 Å². The first-order valence-corrected chi connectivity index (χ1v) is 11.2. The standard InChI is InChI=1S/C25H30N4O4.H2S/c1-14(2)18-12-15(3)10-11-21(18)33-25(32)17-8-6-7-9-20(17)27-28-22-16(4)19(13-26)23(30)29(5)24(22)31;/h6-9,14-15,18,21,30H,10-12H2,1-5H3;1H2. The Balaban J connectivity index is 0.00000408. The molecule has 0 radical (unpaired) electrons. The van der Waals surface area contributed by atoms with E-state index in [0.29, 0.717) is 17.8 Å². The molecule has 9 heteroatoms. The molecule has 2 aromatic rings. The Labute approximate surface area is 206 Å². The molecule has 8 nitrogen and oxygen atoms in total. The second-order valence-electron chi connectivity index (χ2n) is 9.14. The predicted molar refractivity (Wildman–Crippen MR) is 134 cm³/mol. The highest BCUT2D eigenvalue weighted by Crippen LogP contribution is 2.36. The van der Waals surface area contributed by atoms with Crippen molar-refractivity contribution in [3.63, 3.8) is 0 Å². The Kier molecular flexibility index (Phi) is 9.05. The van der Waals surface area contributed by atoms with Crippen LogP contribution in [0.15, 0.2) is 39.3 Å². The van der Waals surface area contributed by atoms with Crippen LogP contribution in [0.2, 0.25) is 0 Å². The maximum absolute atomic E-state index is 13.1. The Hall–Kier alpha value is -3.12. The van der Waals surface area contributed by atoms with E-state index >= 15 is 0 Å². The van der Waals surface area contributed by atoms with Gasteiger partial charge in [0.1, 0.15) is 23.4 Å². The molecule has 0 bridgehead atoms. The summed E-state index contributed by atoms with van der Waals surface area (Å²) in [6.45, 7) is 8.06. The number of rotatable bonds is 5. The number of aromatic nitrogens is 1. The molecular weight excluding hydrogens is 452 g/mol. The first-order valence-electron chi connectivity index (χ1n) is 11.2. The third-order valence-electron chi connectivity index (χ3n) is 6.48. The van der Waals surface area contributed by atoms with Crippen LogP contribution < -0.4 is 5.56 Å². The number of nitrogens with zero attached hydrogens (tertiary/aromatic N) is 4. The number of pyridine rings is 1. The van der Waals surface area contributed by atoms with Crippen LogP contribution in [-0.2, 0) is 11.8 Å². The van der Waals surface area contributed by atoms with E-state index in [1.165, 1.54) is 14.0 Å². The van der Waals surface area contributed by atoms with Crippen molar-refractivity contribution in [1.29, 1.82) is 5.26 Å². The maximum atomic E-state index is 13.1. The Morgan fingerprint density at radius 2 is 1.94 bits per heavy atom. The number of benzene rings is 1. The van der Waals surface area contributed by atoms with Gasteiger partial charge in [0, 0.05) is 12.6 Å². The minimum absolute atomic E-state index is 0. The number of hydrogen-bond donors (Lipinski definition) is 1. The van der Waals surface area contributed by atoms with Crippen molar-refractivity contribution in [2.45, 2.75) is 53.1 Å². The summed E-state index contributed by atoms with van der Waals surface area (Å²) in [7, 11) is 1.35. The van der Waals surface area contributed by atoms with Gasteiger partial charge in [0.15, 0.2) is 5.69 Å². The number of esters is 1. The smallest absolute Gasteiger partial charge is 0.340 e. The number of hydrogen-bond acceptors (Lipinski definition) is 7. The highest BCUT2D eigenvalue weighted by Gasteiger charge is 2.34. The molecule has 0 aliphatic heterocycles. The van der Waals surface area contributed by atoms with Gasteiger partial charge in [0.2, 0.25) is 5.88 Å². The highest BCUT2D eigenvalue weighted by atomic mass is 32.1. The van der Waals surface area contributed by atoms with E-state index in [1.807, 2.05) is 6.07 Å². The molecule has 0 saturated heterocycles. The largest absolute Gasteiger partial charge is 0.493 e. The van der Waals surface area contributed by atoms with Crippen molar-refractivity contribution in [1.82, 2.24) is 4.57 Å². The molecule has 1 aromatic heterocycles. The van der Waals surface area contributed by atoms with E-state index in [0.717, 1.165) is 23.8 Å². The summed E-state index contributed by atoms with van der Waals surface area (Å²) in [4.78, 5) is 25.6. The summed E-state index contributed by atoms with van der Waals surface area (Å²) in [6, 6.07) is 8.55. The van der Waals surface area contributed by atoms with Gasteiger partial charge in [-0.25, -0.2) is 4.79 Å². The topological polar surface area (TPSA) is 117 Å². The fourth-order valence-corrected chi connectivity index (χ4v) is 4.40. The highest BCUT2D eigenvalue weighted by molar-refractivity contribution is 7.59. The van der Waals surface area contributed by atoms with E-state index in [4.69, 9.17) is 4.74 Å². The summed E-state index contributed by atoms with van der Waals surface area (Å²) in [5, 5.41) is 27.5. The Bertz CT molecular complexity index is 1180. The van der Waals surface area contributed by atoms with Crippen LogP contribution in [-0.4, -0.2) is 21.7 Å². The number of azo groups is 1. The number of carbonyl (C=O) groups is 1. The summed E-state index contributed by atoms with van der Waals surface area (Å²) in [5.74, 6) is 0.428. The molecule has 1 aromatic carbocycles. The van der Waals surface area contributed by atoms with E-state index in [-0.39, 0.29) is 47.7 Å². The Morgan fingerprint density at radius 1 is 1.26 bits per heavy atom. The van der Waals surface area contributed by atoms with Crippen LogP contribution in [0.3, 0.4) is 0 Å². The minimum atomic E-state index is -0.594. The molecule has 0 spiro atoms. The molecule has 182 valence electrons. The molecule has 3 rings (SSSR count). The van der Waals surface area contributed by atoms with Gasteiger partial charge in [-0.2, -0.15) is 18.8 Å². The fourth-order valence-electron chi connectivity index (χ4n) is 4.40. The zero-order valence-corrected chi connectivity index (χ0v) is 21.2. The van der Waals surface area contributed by atoms with Crippen molar-refractivity contribution in [3.05, 3.63) is 51.3 Å². The number of carbonyl (C=O) groups excluding carboxylic acids is 1. The lowest BCUT2D eigenvalue weighted by atomic mass is 9.75. The average Bonchev–Trinajstić information content (AvgIpc) is 2.79. The first-order chi connectivity index (χ1) is 15.6. The lowest BCUT2D eigenvalue weighted by Gasteiger charge is -2.36. The summed E-state index contributed by atoms with van der Waals surface area (Å²) in [6.07, 6.45) is 2.73. The zero-order valence-electron chi connectivity index (χ0n) is 20.2. The zero-order chi connectivity index (χ0) is 24.3. The number of ether oxygens (including phenoxy) is 1. The quantitative estimate of drug-likeness (QED) is 0.449. The van der Waals surface area contributed by atoms with E-state index < -0.39 is 17.4 Å². The lowest BCUT2D eigenvalue weighted by molar-refractivity contribution is -0.0160. The van der Waals surface area contributed by atoms with Crippen LogP contribution in [0.4, 0.5) is 11.4 Å². The predicted octanol–water partition coefficient (Wildman–Crippen LogP) is 5.42. The van der Waals surface area contributed by atoms with Crippen LogP contribution in [0.1, 0.15) is 61.5 Å². The van der Waals surface area contributed by atoms with E-state index in [1.54, 1.807) is 24.3 Å². The molecule has 1 fully saturated rings. The van der Waals surface area contributed by atoms with Crippen molar-refractivity contribution < 1.29 is 14.6 Å². The minimum Gasteiger partial charge on any atom is -0.493 e. The lowest BCUT2D eigenvalue weighted by Crippen LogP contribution is -2.35. The van der Waals surface area contributed by atoms with Crippen molar-refractivity contribution in [2.24, 2.45) is 35.0 Å². The maximum Gasteiger partial charge on any atom is 0.340 e. The van der Waals surface area contributed by atoms with Crippen LogP contribution >= 0.6 is 13.5 Å². The average molecular weight is 485 g/mol. The van der Waals surface area contributed by atoms with Gasteiger partial charge in [0.25, 0.3) is 5.56 Å². The van der Waals surface area contributed by atoms with Crippen LogP contribution in [0.25, 0.3) is 0 Å². The number of aromatic hydroxyl groups is 1. The van der Waals surface area contributed by atoms with E-state index in [2.05, 4.69) is 31.0 Å². The molecule has 1 saturated carbocycles. The summed E-state index contributed by atoms with van der Waals surface area (Å²) < 4.78 is 6.87. The van der Waals surface area contributed by atoms with Crippen LogP contribution in [0, 0.1) is 36.0 Å². The SMILES string of the molecule is Cc1c(C#N)c(O)n(C)c(=O)c1N=Nc1ccccc1C(=O)OC1CCC(C)CC1C(C)C.S. The van der Waals surface area contributed by atoms with Crippen molar-refractivity contribution >= 4 is 30.8 Å². The molecule has 34 heavy (non-hydrogen) atoms. The van der Waals surface area contributed by atoms with E-state index in [9.17, 15) is 20.0 Å². The fraction of sp³-hybridized carbons (Fsp3) is 0.480. The monoisotopic (exact) mass is 484 g/mol. The molecule has 0 amide bonds. The van der Waals surface area contributed by atoms with Gasteiger partial charge in [-0.3, -0.25) is 9.36 Å². The third-order valence-corrected chi connectivity index (χ3v) is 6.48. The van der Waals surface area contributed by atoms with Gasteiger partial charge < -0.3 is 9.84 Å². The van der Waals surface area contributed by atoms with Gasteiger partial charge in [0.05, 0.1) is 5.56 Å². The second-order valence-corrected chi connectivity index (χ2v) is 9.14. The molecule has 3 atom stereocenters. The third kappa shape index (κ3) is 5.50. The van der Waals surface area contributed by atoms with Gasteiger partial charge in [-0.05, 0) is 56.1 Å². The molecule has 1 aliphatic carbocycles. The Morgan fingerprint density at radius 3 is 2.59 bits per heavy atom. The number of nitriles is 1. The van der Waals surface area contributed by atoms with Gasteiger partial charge in [-0.1, -0.05) is 32.9 Å².